The fourth-order valence-electron chi connectivity index (χ4n) is 4.61. The Hall–Kier alpha value is -4.64. The van der Waals surface area contributed by atoms with Crippen LogP contribution < -0.4 is 4.74 Å². The quantitative estimate of drug-likeness (QED) is 0.160. The first kappa shape index (κ1) is 28.4. The van der Waals surface area contributed by atoms with Gasteiger partial charge in [-0.3, -0.25) is 4.79 Å². The van der Waals surface area contributed by atoms with Crippen molar-refractivity contribution >= 4 is 18.0 Å². The zero-order valence-electron chi connectivity index (χ0n) is 22.4. The number of rotatable bonds is 14. The van der Waals surface area contributed by atoms with E-state index in [0.29, 0.717) is 13.0 Å². The van der Waals surface area contributed by atoms with Gasteiger partial charge < -0.3 is 14.9 Å². The minimum atomic E-state index is -0.944. The Morgan fingerprint density at radius 1 is 0.725 bits per heavy atom. The van der Waals surface area contributed by atoms with E-state index < -0.39 is 11.9 Å². The Balaban J connectivity index is 1.42. The number of unbranched alkanes of at least 4 members (excludes halogenated alkanes) is 1. The van der Waals surface area contributed by atoms with Crippen molar-refractivity contribution in [3.8, 4) is 16.9 Å². The second-order valence-electron chi connectivity index (χ2n) is 9.85. The van der Waals surface area contributed by atoms with Crippen LogP contribution >= 0.6 is 0 Å². The minimum absolute atomic E-state index is 0.159. The summed E-state index contributed by atoms with van der Waals surface area (Å²) in [6, 6.07) is 33.5. The van der Waals surface area contributed by atoms with Crippen LogP contribution in [-0.2, 0) is 17.8 Å². The molecule has 204 valence electrons. The molecule has 4 aromatic carbocycles. The molecular formula is C35H34O5. The molecule has 1 unspecified atom stereocenters. The number of aliphatic carboxylic acids is 1. The number of allylic oxidation sites excluding steroid dienone is 1. The average molecular weight is 535 g/mol. The van der Waals surface area contributed by atoms with Crippen LogP contribution in [0.15, 0.2) is 109 Å². The van der Waals surface area contributed by atoms with Gasteiger partial charge in [0.25, 0.3) is 0 Å². The topological polar surface area (TPSA) is 83.8 Å². The second kappa shape index (κ2) is 14.5. The van der Waals surface area contributed by atoms with Gasteiger partial charge in [-0.25, -0.2) is 4.79 Å². The molecule has 0 bridgehead atoms. The second-order valence-corrected chi connectivity index (χ2v) is 9.85. The van der Waals surface area contributed by atoms with Crippen molar-refractivity contribution in [2.75, 3.05) is 0 Å². The summed E-state index contributed by atoms with van der Waals surface area (Å²) >= 11 is 0. The van der Waals surface area contributed by atoms with Crippen LogP contribution in [0.25, 0.3) is 17.2 Å². The van der Waals surface area contributed by atoms with Gasteiger partial charge in [-0.2, -0.15) is 0 Å². The molecule has 0 fully saturated rings. The van der Waals surface area contributed by atoms with Crippen LogP contribution in [0.2, 0.25) is 0 Å². The van der Waals surface area contributed by atoms with Gasteiger partial charge in [-0.15, -0.1) is 0 Å². The Bertz CT molecular complexity index is 1410. The van der Waals surface area contributed by atoms with E-state index in [0.717, 1.165) is 41.7 Å². The maximum atomic E-state index is 11.2. The van der Waals surface area contributed by atoms with Gasteiger partial charge in [0.2, 0.25) is 0 Å². The van der Waals surface area contributed by atoms with E-state index in [1.165, 1.54) is 11.1 Å². The van der Waals surface area contributed by atoms with Gasteiger partial charge >= 0.3 is 11.9 Å². The molecule has 0 spiro atoms. The highest BCUT2D eigenvalue weighted by Crippen LogP contribution is 2.25. The summed E-state index contributed by atoms with van der Waals surface area (Å²) in [6.07, 6.45) is 7.38. The van der Waals surface area contributed by atoms with E-state index >= 15 is 0 Å². The smallest absolute Gasteiger partial charge is 0.335 e. The number of hydrogen-bond donors (Lipinski definition) is 2. The lowest BCUT2D eigenvalue weighted by Gasteiger charge is -2.14. The third-order valence-corrected chi connectivity index (χ3v) is 6.84. The molecule has 0 aliphatic carbocycles. The molecule has 0 amide bonds. The molecule has 0 aliphatic heterocycles. The Labute approximate surface area is 235 Å². The largest absolute Gasteiger partial charge is 0.488 e. The van der Waals surface area contributed by atoms with Gasteiger partial charge in [-0.1, -0.05) is 104 Å². The van der Waals surface area contributed by atoms with E-state index in [1.54, 1.807) is 12.1 Å². The van der Waals surface area contributed by atoms with Gasteiger partial charge in [0.05, 0.1) is 5.56 Å². The molecule has 2 N–H and O–H groups in total. The lowest BCUT2D eigenvalue weighted by molar-refractivity contribution is -0.137. The van der Waals surface area contributed by atoms with Crippen molar-refractivity contribution in [1.82, 2.24) is 0 Å². The molecule has 5 nitrogen and oxygen atoms in total. The number of aromatic carboxylic acids is 1. The molecule has 0 saturated heterocycles. The van der Waals surface area contributed by atoms with Crippen LogP contribution in [0, 0.1) is 5.92 Å². The van der Waals surface area contributed by atoms with Crippen LogP contribution in [-0.4, -0.2) is 22.2 Å². The molecule has 0 heterocycles. The van der Waals surface area contributed by atoms with Gasteiger partial charge in [0.15, 0.2) is 0 Å². The summed E-state index contributed by atoms with van der Waals surface area (Å²) < 4.78 is 6.21. The SMILES string of the molecule is O=C(O)CCCCC(C=Cc1ccccc1OCc1ccc(-c2ccccc2)cc1)Cc1ccc(C(=O)O)cc1. The lowest BCUT2D eigenvalue weighted by Crippen LogP contribution is -2.04. The summed E-state index contributed by atoms with van der Waals surface area (Å²) in [5, 5.41) is 18.2. The maximum Gasteiger partial charge on any atom is 0.335 e. The molecule has 4 rings (SSSR count). The summed E-state index contributed by atoms with van der Waals surface area (Å²) in [6.45, 7) is 0.453. The molecule has 1 atom stereocenters. The number of carbonyl (C=O) groups is 2. The standard InChI is InChI=1S/C35H34O5/c36-34(37)13-7-4-8-26(24-27-15-22-32(23-16-27)35(38)39)14-21-31-11-5-6-12-33(31)40-25-28-17-19-30(20-18-28)29-9-2-1-3-10-29/h1-3,5-6,9-12,14-23,26H,4,7-8,13,24-25H2,(H,36,37)(H,38,39). The molecular weight excluding hydrogens is 500 g/mol. The number of carboxylic acid groups (broad SMARTS) is 2. The molecule has 0 radical (unpaired) electrons. The van der Waals surface area contributed by atoms with Gasteiger partial charge in [0.1, 0.15) is 12.4 Å². The highest BCUT2D eigenvalue weighted by atomic mass is 16.5. The van der Waals surface area contributed by atoms with E-state index in [4.69, 9.17) is 9.84 Å². The van der Waals surface area contributed by atoms with Gasteiger partial charge in [0, 0.05) is 12.0 Å². The van der Waals surface area contributed by atoms with Crippen LogP contribution in [0.4, 0.5) is 0 Å². The highest BCUT2D eigenvalue weighted by Gasteiger charge is 2.10. The zero-order valence-corrected chi connectivity index (χ0v) is 22.4. The number of para-hydroxylation sites is 1. The van der Waals surface area contributed by atoms with Crippen molar-refractivity contribution in [2.45, 2.75) is 38.7 Å². The average Bonchev–Trinajstić information content (AvgIpc) is 2.98. The summed E-state index contributed by atoms with van der Waals surface area (Å²) in [7, 11) is 0. The van der Waals surface area contributed by atoms with E-state index in [1.807, 2.05) is 54.6 Å². The predicted molar refractivity (Wildman–Crippen MR) is 158 cm³/mol. The summed E-state index contributed by atoms with van der Waals surface area (Å²) in [4.78, 5) is 22.1. The molecule has 0 aliphatic rings. The maximum absolute atomic E-state index is 11.2. The lowest BCUT2D eigenvalue weighted by atomic mass is 9.92. The van der Waals surface area contributed by atoms with Gasteiger partial charge in [-0.05, 0) is 65.6 Å². The molecule has 40 heavy (non-hydrogen) atoms. The summed E-state index contributed by atoms with van der Waals surface area (Å²) in [5.41, 5.74) is 5.71. The Kier molecular flexibility index (Phi) is 10.3. The number of carboxylic acids is 2. The third-order valence-electron chi connectivity index (χ3n) is 6.84. The van der Waals surface area contributed by atoms with Crippen LogP contribution in [0.1, 0.15) is 52.7 Å². The fraction of sp³-hybridized carbons (Fsp3) is 0.200. The van der Waals surface area contributed by atoms with Crippen molar-refractivity contribution < 1.29 is 24.5 Å². The van der Waals surface area contributed by atoms with Crippen molar-refractivity contribution in [1.29, 1.82) is 0 Å². The molecule has 0 aromatic heterocycles. The van der Waals surface area contributed by atoms with E-state index in [9.17, 15) is 14.7 Å². The number of hydrogen-bond acceptors (Lipinski definition) is 3. The Morgan fingerprint density at radius 3 is 2.08 bits per heavy atom. The first-order valence-electron chi connectivity index (χ1n) is 13.6. The van der Waals surface area contributed by atoms with E-state index in [2.05, 4.69) is 48.6 Å². The first-order chi connectivity index (χ1) is 19.5. The number of ether oxygens (including phenoxy) is 1. The number of benzene rings is 4. The van der Waals surface area contributed by atoms with Crippen LogP contribution in [0.3, 0.4) is 0 Å². The third kappa shape index (κ3) is 8.70. The monoisotopic (exact) mass is 534 g/mol. The van der Waals surface area contributed by atoms with Crippen molar-refractivity contribution in [3.05, 3.63) is 131 Å². The Morgan fingerprint density at radius 2 is 1.38 bits per heavy atom. The molecule has 4 aromatic rings. The van der Waals surface area contributed by atoms with E-state index in [-0.39, 0.29) is 17.9 Å². The fourth-order valence-corrected chi connectivity index (χ4v) is 4.61. The predicted octanol–water partition coefficient (Wildman–Crippen LogP) is 8.15. The molecule has 0 saturated carbocycles. The normalized spacial score (nSPS) is 11.8. The van der Waals surface area contributed by atoms with Crippen molar-refractivity contribution in [3.63, 3.8) is 0 Å². The first-order valence-corrected chi connectivity index (χ1v) is 13.6. The minimum Gasteiger partial charge on any atom is -0.488 e. The summed E-state index contributed by atoms with van der Waals surface area (Å²) in [5.74, 6) is -0.762. The molecule has 5 heteroatoms. The van der Waals surface area contributed by atoms with Crippen molar-refractivity contribution in [2.24, 2.45) is 5.92 Å². The van der Waals surface area contributed by atoms with Crippen LogP contribution in [0.5, 0.6) is 5.75 Å². The zero-order chi connectivity index (χ0) is 28.2. The highest BCUT2D eigenvalue weighted by molar-refractivity contribution is 5.87.